The van der Waals surface area contributed by atoms with E-state index in [-0.39, 0.29) is 33.0 Å². The van der Waals surface area contributed by atoms with E-state index in [4.69, 9.17) is 15.3 Å². The van der Waals surface area contributed by atoms with Gasteiger partial charge in [0.2, 0.25) is 0 Å². The Balaban J connectivity index is 0.000000239. The molecule has 0 spiro atoms. The van der Waals surface area contributed by atoms with Gasteiger partial charge in [0.1, 0.15) is 0 Å². The Labute approximate surface area is 127 Å². The molecular weight excluding hydrogens is 323 g/mol. The topological polar surface area (TPSA) is 169 Å². The van der Waals surface area contributed by atoms with Crippen molar-refractivity contribution in [2.75, 3.05) is 33.0 Å². The molecule has 0 aromatic rings. The van der Waals surface area contributed by atoms with E-state index in [1.165, 1.54) is 0 Å². The number of aliphatic hydroxyl groups excluding tert-OH is 3. The van der Waals surface area contributed by atoms with Crippen LogP contribution in [0.5, 0.6) is 0 Å². The summed E-state index contributed by atoms with van der Waals surface area (Å²) in [5.41, 5.74) is -2.39. The summed E-state index contributed by atoms with van der Waals surface area (Å²) >= 11 is 0. The van der Waals surface area contributed by atoms with E-state index in [0.717, 1.165) is 0 Å². The Morgan fingerprint density at radius 2 is 1.64 bits per heavy atom. The van der Waals surface area contributed by atoms with Crippen LogP contribution in [0.1, 0.15) is 13.3 Å². The number of hydrogen-bond donors (Lipinski definition) is 5. The van der Waals surface area contributed by atoms with Gasteiger partial charge in [0.25, 0.3) is 5.85 Å². The van der Waals surface area contributed by atoms with Gasteiger partial charge in [-0.1, -0.05) is 11.5 Å². The second-order valence-corrected chi connectivity index (χ2v) is 6.33. The molecule has 3 aliphatic rings. The second kappa shape index (κ2) is 7.54. The molecule has 0 aromatic carbocycles. The van der Waals surface area contributed by atoms with Gasteiger partial charge in [-0.2, -0.15) is 0 Å². The Morgan fingerprint density at radius 1 is 1.18 bits per heavy atom. The fraction of sp³-hybridized carbons (Fsp3) is 1.00. The van der Waals surface area contributed by atoms with Gasteiger partial charge < -0.3 is 30.4 Å². The first kappa shape index (κ1) is 19.8. The predicted molar refractivity (Wildman–Crippen MR) is 68.3 cm³/mol. The summed E-state index contributed by atoms with van der Waals surface area (Å²) in [6, 6.07) is 0. The van der Waals surface area contributed by atoms with Crippen molar-refractivity contribution >= 4 is 8.03 Å². The van der Waals surface area contributed by atoms with Gasteiger partial charge >= 0.3 is 14.2 Å². The number of aliphatic hydroxyl groups is 5. The molecule has 0 aromatic heterocycles. The van der Waals surface area contributed by atoms with E-state index in [0.29, 0.717) is 6.42 Å². The van der Waals surface area contributed by atoms with Crippen LogP contribution in [0.25, 0.3) is 0 Å². The van der Waals surface area contributed by atoms with Crippen molar-refractivity contribution in [2.45, 2.75) is 30.9 Å². The van der Waals surface area contributed by atoms with Gasteiger partial charge in [-0.25, -0.2) is 0 Å². The Hall–Kier alpha value is -0.260. The first-order valence-corrected chi connectivity index (χ1v) is 7.81. The average molecular weight is 344 g/mol. The lowest BCUT2D eigenvalue weighted by Gasteiger charge is -2.46. The first-order valence-electron chi connectivity index (χ1n) is 6.56. The van der Waals surface area contributed by atoms with Crippen LogP contribution in [-0.4, -0.2) is 76.2 Å². The van der Waals surface area contributed by atoms with Gasteiger partial charge in [0, 0.05) is 5.41 Å². The zero-order valence-electron chi connectivity index (χ0n) is 12.0. The molecule has 2 atom stereocenters. The molecule has 3 fully saturated rings. The lowest BCUT2D eigenvalue weighted by Crippen LogP contribution is -2.68. The maximum atomic E-state index is 10.6. The van der Waals surface area contributed by atoms with Crippen LogP contribution in [0.4, 0.5) is 0 Å². The molecule has 3 aliphatic heterocycles. The molecule has 0 amide bonds. The summed E-state index contributed by atoms with van der Waals surface area (Å²) in [5, 5.41) is 44.8. The highest BCUT2D eigenvalue weighted by atomic mass is 31.1. The molecular formula is C11H21O10P. The number of ether oxygens (including phenoxy) is 3. The number of fused-ring (bicyclic) bond motifs is 3. The minimum absolute atomic E-state index is 0.156. The summed E-state index contributed by atoms with van der Waals surface area (Å²) in [5.74, 6) is -1.49. The molecule has 11 heteroatoms. The summed E-state index contributed by atoms with van der Waals surface area (Å²) < 4.78 is 24.2. The van der Waals surface area contributed by atoms with Crippen molar-refractivity contribution in [2.24, 2.45) is 5.41 Å². The zero-order chi connectivity index (χ0) is 17.0. The molecule has 130 valence electrons. The third-order valence-electron chi connectivity index (χ3n) is 3.68. The number of rotatable bonds is 5. The largest absolute Gasteiger partial charge is 0.593 e. The van der Waals surface area contributed by atoms with Crippen molar-refractivity contribution < 1.29 is 49.2 Å². The zero-order valence-corrected chi connectivity index (χ0v) is 12.9. The van der Waals surface area contributed by atoms with Crippen molar-refractivity contribution in [3.63, 3.8) is 0 Å². The molecule has 0 aliphatic carbocycles. The van der Waals surface area contributed by atoms with Gasteiger partial charge in [-0.15, -0.1) is 0 Å². The summed E-state index contributed by atoms with van der Waals surface area (Å²) in [6.07, 6.45) is -1.74. The van der Waals surface area contributed by atoms with E-state index < -0.39 is 31.0 Å². The van der Waals surface area contributed by atoms with E-state index in [9.17, 15) is 19.7 Å². The minimum Gasteiger partial charge on any atom is -0.593 e. The van der Waals surface area contributed by atoms with Gasteiger partial charge in [0.15, 0.2) is 5.60 Å². The lowest BCUT2D eigenvalue weighted by molar-refractivity contribution is -0.561. The van der Waals surface area contributed by atoms with Crippen LogP contribution in [0.2, 0.25) is 0 Å². The monoisotopic (exact) mass is 344 g/mol. The van der Waals surface area contributed by atoms with Crippen molar-refractivity contribution in [1.82, 2.24) is 0 Å². The standard InChI is InChI=1S/C6H14O3.C5H7O7P/c1-2-6(3-7,4-8)5-9;6-4-1-10-5(7,11-2-4)12-3(4)13(8)9/h7-9H,2-5H2,1H3;3,6-7H,1-2H2. The van der Waals surface area contributed by atoms with Crippen molar-refractivity contribution in [3.05, 3.63) is 0 Å². The first-order chi connectivity index (χ1) is 10.2. The Bertz CT molecular complexity index is 360. The lowest BCUT2D eigenvalue weighted by atomic mass is 9.88. The third-order valence-corrected chi connectivity index (χ3v) is 4.65. The molecule has 3 saturated heterocycles. The molecule has 2 unspecified atom stereocenters. The fourth-order valence-electron chi connectivity index (χ4n) is 1.70. The molecule has 0 radical (unpaired) electrons. The normalized spacial score (nSPS) is 34.9. The SMILES string of the molecule is CCC(CO)(CO)CO.O=[P+]([O-])C1OC2(O)OCC1(O)CO2. The third kappa shape index (κ3) is 4.18. The summed E-state index contributed by atoms with van der Waals surface area (Å²) in [4.78, 5) is 10.6. The highest BCUT2D eigenvalue weighted by Crippen LogP contribution is 2.43. The molecule has 0 saturated carbocycles. The molecule has 10 nitrogen and oxygen atoms in total. The summed E-state index contributed by atoms with van der Waals surface area (Å²) in [7, 11) is -3.01. The van der Waals surface area contributed by atoms with Crippen LogP contribution in [-0.2, 0) is 18.8 Å². The van der Waals surface area contributed by atoms with Crippen molar-refractivity contribution in [1.29, 1.82) is 0 Å². The molecule has 22 heavy (non-hydrogen) atoms. The Kier molecular flexibility index (Phi) is 6.78. The Morgan fingerprint density at radius 3 is 1.86 bits per heavy atom. The predicted octanol–water partition coefficient (Wildman–Crippen LogP) is -2.81. The fourth-order valence-corrected chi connectivity index (χ4v) is 2.46. The van der Waals surface area contributed by atoms with Gasteiger partial charge in [0.05, 0.1) is 33.0 Å². The molecule has 3 rings (SSSR count). The van der Waals surface area contributed by atoms with Crippen LogP contribution < -0.4 is 4.89 Å². The molecule has 2 bridgehead atoms. The van der Waals surface area contributed by atoms with Crippen LogP contribution in [0.3, 0.4) is 0 Å². The van der Waals surface area contributed by atoms with Crippen LogP contribution in [0, 0.1) is 5.41 Å². The van der Waals surface area contributed by atoms with Crippen LogP contribution in [0.15, 0.2) is 0 Å². The molecule has 5 N–H and O–H groups in total. The molecule has 3 heterocycles. The smallest absolute Gasteiger partial charge is 0.414 e. The van der Waals surface area contributed by atoms with E-state index in [1.807, 2.05) is 6.92 Å². The average Bonchev–Trinajstić information content (AvgIpc) is 2.52. The van der Waals surface area contributed by atoms with Gasteiger partial charge in [-0.05, 0) is 6.42 Å². The maximum absolute atomic E-state index is 10.6. The number of hydrogen-bond acceptors (Lipinski definition) is 10. The summed E-state index contributed by atoms with van der Waals surface area (Å²) in [6.45, 7) is 0.682. The van der Waals surface area contributed by atoms with E-state index in [1.54, 1.807) is 0 Å². The maximum Gasteiger partial charge on any atom is 0.414 e. The second-order valence-electron chi connectivity index (χ2n) is 5.29. The quantitative estimate of drug-likeness (QED) is 0.328. The minimum atomic E-state index is -3.01. The van der Waals surface area contributed by atoms with Crippen LogP contribution >= 0.6 is 8.03 Å². The highest BCUT2D eigenvalue weighted by Gasteiger charge is 2.63. The van der Waals surface area contributed by atoms with E-state index in [2.05, 4.69) is 14.2 Å². The van der Waals surface area contributed by atoms with Gasteiger partial charge in [-0.3, -0.25) is 14.2 Å². The highest BCUT2D eigenvalue weighted by molar-refractivity contribution is 7.37. The van der Waals surface area contributed by atoms with Crippen molar-refractivity contribution in [3.8, 4) is 0 Å². The van der Waals surface area contributed by atoms with E-state index >= 15 is 0 Å².